The van der Waals surface area contributed by atoms with Crippen LogP contribution in [0.5, 0.6) is 0 Å². The summed E-state index contributed by atoms with van der Waals surface area (Å²) in [5.74, 6) is 0. The van der Waals surface area contributed by atoms with E-state index in [4.69, 9.17) is 0 Å². The highest BCUT2D eigenvalue weighted by molar-refractivity contribution is 7.09. The molecule has 0 fully saturated rings. The average Bonchev–Trinajstić information content (AvgIpc) is 2.93. The number of aromatic nitrogens is 2. The molecule has 0 atom stereocenters. The topological polar surface area (TPSA) is 69.0 Å². The molecule has 0 aliphatic carbocycles. The first kappa shape index (κ1) is 11.4. The van der Waals surface area contributed by atoms with Crippen molar-refractivity contribution in [3.63, 3.8) is 0 Å². The molecule has 0 spiro atoms. The predicted molar refractivity (Wildman–Crippen MR) is 69.8 cm³/mol. The predicted octanol–water partition coefficient (Wildman–Crippen LogP) is 0.683. The van der Waals surface area contributed by atoms with Gasteiger partial charge in [-0.1, -0.05) is 6.07 Å². The minimum atomic E-state index is -0.418. The second-order valence-corrected chi connectivity index (χ2v) is 5.44. The van der Waals surface area contributed by atoms with Gasteiger partial charge in [0, 0.05) is 30.2 Å². The van der Waals surface area contributed by atoms with E-state index in [1.165, 1.54) is 4.88 Å². The maximum Gasteiger partial charge on any atom is 0.325 e. The van der Waals surface area contributed by atoms with Crippen molar-refractivity contribution >= 4 is 11.3 Å². The van der Waals surface area contributed by atoms with Crippen LogP contribution in [0.4, 0.5) is 0 Å². The third-order valence-corrected chi connectivity index (χ3v) is 4.08. The van der Waals surface area contributed by atoms with Gasteiger partial charge in [-0.15, -0.1) is 11.3 Å². The van der Waals surface area contributed by atoms with Gasteiger partial charge in [0.25, 0.3) is 5.56 Å². The molecule has 0 bridgehead atoms. The van der Waals surface area contributed by atoms with Gasteiger partial charge in [-0.25, -0.2) is 4.79 Å². The van der Waals surface area contributed by atoms with Gasteiger partial charge >= 0.3 is 5.69 Å². The van der Waals surface area contributed by atoms with Gasteiger partial charge < -0.3 is 4.98 Å². The minimum absolute atomic E-state index is 0.257. The number of rotatable bonds is 3. The monoisotopic (exact) mass is 263 g/mol. The Balaban J connectivity index is 1.71. The van der Waals surface area contributed by atoms with E-state index in [1.807, 2.05) is 6.07 Å². The molecule has 94 valence electrons. The average molecular weight is 263 g/mol. The fourth-order valence-corrected chi connectivity index (χ4v) is 2.94. The van der Waals surface area contributed by atoms with Crippen molar-refractivity contribution in [2.24, 2.45) is 0 Å². The highest BCUT2D eigenvalue weighted by atomic mass is 32.1. The van der Waals surface area contributed by atoms with Crippen LogP contribution in [0.15, 0.2) is 27.1 Å². The van der Waals surface area contributed by atoms with E-state index in [1.54, 1.807) is 11.3 Å². The van der Waals surface area contributed by atoms with Crippen molar-refractivity contribution in [2.45, 2.75) is 19.5 Å². The first-order valence-electron chi connectivity index (χ1n) is 5.81. The first-order chi connectivity index (χ1) is 8.72. The van der Waals surface area contributed by atoms with Gasteiger partial charge in [-0.2, -0.15) is 0 Å². The Morgan fingerprint density at radius 1 is 1.28 bits per heavy atom. The molecule has 0 saturated carbocycles. The SMILES string of the molecule is O=c1[nH]c2c(c(=O)[nH]1)CN(CCc1cccs1)C2. The molecule has 18 heavy (non-hydrogen) atoms. The van der Waals surface area contributed by atoms with Crippen molar-refractivity contribution in [1.82, 2.24) is 14.9 Å². The number of thiophene rings is 1. The van der Waals surface area contributed by atoms with E-state index >= 15 is 0 Å². The maximum atomic E-state index is 11.6. The van der Waals surface area contributed by atoms with Gasteiger partial charge in [-0.05, 0) is 17.9 Å². The molecular formula is C12H13N3O2S. The van der Waals surface area contributed by atoms with Gasteiger partial charge in [-0.3, -0.25) is 14.7 Å². The number of nitrogens with zero attached hydrogens (tertiary/aromatic N) is 1. The molecule has 2 aromatic heterocycles. The Hall–Kier alpha value is -1.66. The fourth-order valence-electron chi connectivity index (χ4n) is 2.25. The molecule has 0 aromatic carbocycles. The Labute approximate surface area is 107 Å². The summed E-state index contributed by atoms with van der Waals surface area (Å²) < 4.78 is 0. The number of fused-ring (bicyclic) bond motifs is 1. The Morgan fingerprint density at radius 3 is 2.94 bits per heavy atom. The van der Waals surface area contributed by atoms with Crippen LogP contribution in [0.1, 0.15) is 16.1 Å². The number of hydrogen-bond acceptors (Lipinski definition) is 4. The summed E-state index contributed by atoms with van der Waals surface area (Å²) in [7, 11) is 0. The summed E-state index contributed by atoms with van der Waals surface area (Å²) in [5, 5.41) is 2.07. The Kier molecular flexibility index (Phi) is 2.89. The fraction of sp³-hybridized carbons (Fsp3) is 0.333. The molecular weight excluding hydrogens is 250 g/mol. The molecule has 6 heteroatoms. The van der Waals surface area contributed by atoms with E-state index in [-0.39, 0.29) is 5.56 Å². The van der Waals surface area contributed by atoms with Gasteiger partial charge in [0.05, 0.1) is 5.56 Å². The number of H-pyrrole nitrogens is 2. The van der Waals surface area contributed by atoms with Crippen molar-refractivity contribution in [2.75, 3.05) is 6.54 Å². The summed E-state index contributed by atoms with van der Waals surface area (Å²) in [6.07, 6.45) is 0.980. The van der Waals surface area contributed by atoms with Crippen molar-refractivity contribution in [3.8, 4) is 0 Å². The number of hydrogen-bond donors (Lipinski definition) is 2. The highest BCUT2D eigenvalue weighted by Gasteiger charge is 2.22. The molecule has 3 heterocycles. The summed E-state index contributed by atoms with van der Waals surface area (Å²) >= 11 is 1.74. The van der Waals surface area contributed by atoms with E-state index < -0.39 is 5.69 Å². The molecule has 0 amide bonds. The second-order valence-electron chi connectivity index (χ2n) is 4.41. The lowest BCUT2D eigenvalue weighted by molar-refractivity contribution is 0.287. The summed E-state index contributed by atoms with van der Waals surface area (Å²) in [6.45, 7) is 2.17. The lowest BCUT2D eigenvalue weighted by atomic mass is 10.3. The van der Waals surface area contributed by atoms with E-state index in [2.05, 4.69) is 26.3 Å². The van der Waals surface area contributed by atoms with Crippen LogP contribution in [0.3, 0.4) is 0 Å². The lowest BCUT2D eigenvalue weighted by Crippen LogP contribution is -2.25. The minimum Gasteiger partial charge on any atom is -0.310 e. The van der Waals surface area contributed by atoms with Crippen LogP contribution >= 0.6 is 11.3 Å². The zero-order valence-electron chi connectivity index (χ0n) is 9.73. The van der Waals surface area contributed by atoms with Crippen LogP contribution in [0.2, 0.25) is 0 Å². The molecule has 1 aliphatic heterocycles. The normalized spacial score (nSPS) is 14.9. The van der Waals surface area contributed by atoms with Crippen molar-refractivity contribution < 1.29 is 0 Å². The Morgan fingerprint density at radius 2 is 2.17 bits per heavy atom. The zero-order valence-corrected chi connectivity index (χ0v) is 10.5. The largest absolute Gasteiger partial charge is 0.325 e. The number of aromatic amines is 2. The smallest absolute Gasteiger partial charge is 0.310 e. The molecule has 5 nitrogen and oxygen atoms in total. The van der Waals surface area contributed by atoms with Crippen molar-refractivity contribution in [1.29, 1.82) is 0 Å². The molecule has 2 aromatic rings. The molecule has 0 saturated heterocycles. The highest BCUT2D eigenvalue weighted by Crippen LogP contribution is 2.17. The summed E-state index contributed by atoms with van der Waals surface area (Å²) in [4.78, 5) is 31.3. The van der Waals surface area contributed by atoms with Crippen LogP contribution in [-0.4, -0.2) is 21.4 Å². The third kappa shape index (κ3) is 2.16. The van der Waals surface area contributed by atoms with Crippen LogP contribution < -0.4 is 11.2 Å². The van der Waals surface area contributed by atoms with Crippen LogP contribution in [0, 0.1) is 0 Å². The standard InChI is InChI=1S/C12H13N3O2S/c16-11-9-6-15(4-3-8-2-1-5-18-8)7-10(9)13-12(17)14-11/h1-2,5H,3-4,6-7H2,(H2,13,14,16,17). The van der Waals surface area contributed by atoms with E-state index in [9.17, 15) is 9.59 Å². The number of nitrogens with one attached hydrogen (secondary N) is 2. The first-order valence-corrected chi connectivity index (χ1v) is 6.69. The summed E-state index contributed by atoms with van der Waals surface area (Å²) in [5.41, 5.74) is 0.780. The molecule has 2 N–H and O–H groups in total. The zero-order chi connectivity index (χ0) is 12.5. The van der Waals surface area contributed by atoms with E-state index in [0.29, 0.717) is 18.7 Å². The van der Waals surface area contributed by atoms with Gasteiger partial charge in [0.2, 0.25) is 0 Å². The lowest BCUT2D eigenvalue weighted by Gasteiger charge is -2.12. The molecule has 0 radical (unpaired) electrons. The maximum absolute atomic E-state index is 11.6. The molecule has 3 rings (SSSR count). The van der Waals surface area contributed by atoms with E-state index in [0.717, 1.165) is 18.7 Å². The summed E-state index contributed by atoms with van der Waals surface area (Å²) in [6, 6.07) is 4.16. The quantitative estimate of drug-likeness (QED) is 0.855. The van der Waals surface area contributed by atoms with Gasteiger partial charge in [0.1, 0.15) is 0 Å². The van der Waals surface area contributed by atoms with Crippen LogP contribution in [0.25, 0.3) is 0 Å². The third-order valence-electron chi connectivity index (χ3n) is 3.15. The molecule has 1 aliphatic rings. The van der Waals surface area contributed by atoms with Crippen molar-refractivity contribution in [3.05, 3.63) is 54.5 Å². The van der Waals surface area contributed by atoms with Gasteiger partial charge in [0.15, 0.2) is 0 Å². The Bertz CT molecular complexity index is 657. The van der Waals surface area contributed by atoms with Crippen LogP contribution in [-0.2, 0) is 19.5 Å². The molecule has 0 unspecified atom stereocenters. The second kappa shape index (κ2) is 4.55.